The maximum absolute atomic E-state index is 11.2. The highest BCUT2D eigenvalue weighted by Crippen LogP contribution is 2.07. The van der Waals surface area contributed by atoms with E-state index in [-0.39, 0.29) is 12.2 Å². The number of alkyl carbamates (subject to hydrolysis) is 1. The fourth-order valence-electron chi connectivity index (χ4n) is 1.25. The van der Waals surface area contributed by atoms with Gasteiger partial charge in [0.25, 0.3) is 0 Å². The Labute approximate surface area is 90.1 Å². The Hall–Kier alpha value is -0.810. The monoisotopic (exact) mass is 217 g/mol. The van der Waals surface area contributed by atoms with Crippen LogP contribution in [0.25, 0.3) is 0 Å². The minimum atomic E-state index is -0.391. The molecule has 1 heterocycles. The van der Waals surface area contributed by atoms with E-state index in [0.717, 1.165) is 6.42 Å². The van der Waals surface area contributed by atoms with E-state index in [9.17, 15) is 4.79 Å². The third kappa shape index (κ3) is 5.59. The predicted octanol–water partition coefficient (Wildman–Crippen LogP) is 0.926. The molecule has 1 rings (SSSR count). The second-order valence-electron chi connectivity index (χ2n) is 3.74. The number of ether oxygens (including phenoxy) is 3. The zero-order chi connectivity index (χ0) is 11.1. The van der Waals surface area contributed by atoms with E-state index in [1.807, 2.05) is 13.8 Å². The largest absolute Gasteiger partial charge is 0.444 e. The summed E-state index contributed by atoms with van der Waals surface area (Å²) in [6, 6.07) is 0. The fraction of sp³-hybridized carbons (Fsp3) is 0.900. The van der Waals surface area contributed by atoms with Crippen LogP contribution < -0.4 is 5.32 Å². The van der Waals surface area contributed by atoms with Gasteiger partial charge in [-0.25, -0.2) is 4.79 Å². The first-order valence-electron chi connectivity index (χ1n) is 5.32. The van der Waals surface area contributed by atoms with Crippen LogP contribution in [0.3, 0.4) is 0 Å². The molecule has 1 saturated heterocycles. The smallest absolute Gasteiger partial charge is 0.407 e. The van der Waals surface area contributed by atoms with Crippen molar-refractivity contribution in [2.45, 2.75) is 32.5 Å². The molecule has 0 unspecified atom stereocenters. The van der Waals surface area contributed by atoms with Gasteiger partial charge in [-0.1, -0.05) is 0 Å². The Morgan fingerprint density at radius 1 is 1.60 bits per heavy atom. The molecule has 1 atom stereocenters. The lowest BCUT2D eigenvalue weighted by molar-refractivity contribution is 0.0671. The highest BCUT2D eigenvalue weighted by atomic mass is 16.6. The Morgan fingerprint density at radius 2 is 2.40 bits per heavy atom. The van der Waals surface area contributed by atoms with Crippen molar-refractivity contribution < 1.29 is 19.0 Å². The molecule has 0 aromatic rings. The van der Waals surface area contributed by atoms with E-state index in [1.54, 1.807) is 0 Å². The summed E-state index contributed by atoms with van der Waals surface area (Å²) >= 11 is 0. The van der Waals surface area contributed by atoms with Crippen LogP contribution in [0.1, 0.15) is 20.3 Å². The number of hydrogen-bond acceptors (Lipinski definition) is 4. The SMILES string of the molecule is CC(C)OCCNC(=O)O[C@H]1CCOC1. The lowest BCUT2D eigenvalue weighted by Crippen LogP contribution is -2.32. The molecule has 0 aliphatic carbocycles. The molecule has 0 spiro atoms. The van der Waals surface area contributed by atoms with Gasteiger partial charge in [0.1, 0.15) is 6.10 Å². The summed E-state index contributed by atoms with van der Waals surface area (Å²) in [4.78, 5) is 11.2. The van der Waals surface area contributed by atoms with Crippen molar-refractivity contribution in [1.82, 2.24) is 5.32 Å². The molecule has 0 saturated carbocycles. The van der Waals surface area contributed by atoms with Gasteiger partial charge in [0.05, 0.1) is 25.9 Å². The number of amides is 1. The summed E-state index contributed by atoms with van der Waals surface area (Å²) in [5, 5.41) is 2.62. The first kappa shape index (κ1) is 12.3. The minimum absolute atomic E-state index is 0.0870. The van der Waals surface area contributed by atoms with Gasteiger partial charge < -0.3 is 19.5 Å². The number of carbonyl (C=O) groups excluding carboxylic acids is 1. The second-order valence-corrected chi connectivity index (χ2v) is 3.74. The number of rotatable bonds is 5. The molecular weight excluding hydrogens is 198 g/mol. The third-order valence-corrected chi connectivity index (χ3v) is 1.98. The standard InChI is InChI=1S/C10H19NO4/c1-8(2)14-6-4-11-10(12)15-9-3-5-13-7-9/h8-9H,3-7H2,1-2H3,(H,11,12)/t9-/m0/s1. The van der Waals surface area contributed by atoms with Gasteiger partial charge in [-0.2, -0.15) is 0 Å². The molecule has 0 radical (unpaired) electrons. The summed E-state index contributed by atoms with van der Waals surface area (Å²) in [6.07, 6.45) is 0.496. The van der Waals surface area contributed by atoms with Crippen LogP contribution in [0.4, 0.5) is 4.79 Å². The normalized spacial score (nSPS) is 20.6. The zero-order valence-corrected chi connectivity index (χ0v) is 9.32. The van der Waals surface area contributed by atoms with Crippen LogP contribution in [0.2, 0.25) is 0 Å². The fourth-order valence-corrected chi connectivity index (χ4v) is 1.25. The summed E-state index contributed by atoms with van der Waals surface area (Å²) < 4.78 is 15.4. The quantitative estimate of drug-likeness (QED) is 0.696. The van der Waals surface area contributed by atoms with E-state index in [1.165, 1.54) is 0 Å². The lowest BCUT2D eigenvalue weighted by Gasteiger charge is -2.12. The molecule has 5 nitrogen and oxygen atoms in total. The first-order valence-corrected chi connectivity index (χ1v) is 5.32. The Bertz CT molecular complexity index is 190. The molecule has 1 fully saturated rings. The molecule has 88 valence electrons. The van der Waals surface area contributed by atoms with Crippen molar-refractivity contribution in [3.05, 3.63) is 0 Å². The Balaban J connectivity index is 1.98. The molecule has 0 aromatic carbocycles. The van der Waals surface area contributed by atoms with Crippen LogP contribution in [0.5, 0.6) is 0 Å². The van der Waals surface area contributed by atoms with Gasteiger partial charge >= 0.3 is 6.09 Å². The van der Waals surface area contributed by atoms with Gasteiger partial charge in [-0.3, -0.25) is 0 Å². The number of carbonyl (C=O) groups is 1. The molecular formula is C10H19NO4. The van der Waals surface area contributed by atoms with Gasteiger partial charge in [0.2, 0.25) is 0 Å². The Morgan fingerprint density at radius 3 is 3.00 bits per heavy atom. The average Bonchev–Trinajstić information content (AvgIpc) is 2.64. The van der Waals surface area contributed by atoms with Crippen molar-refractivity contribution in [2.24, 2.45) is 0 Å². The van der Waals surface area contributed by atoms with Crippen LogP contribution in [0.15, 0.2) is 0 Å². The van der Waals surface area contributed by atoms with Crippen LogP contribution in [0, 0.1) is 0 Å². The van der Waals surface area contributed by atoms with E-state index in [2.05, 4.69) is 5.32 Å². The van der Waals surface area contributed by atoms with Crippen molar-refractivity contribution in [3.8, 4) is 0 Å². The van der Waals surface area contributed by atoms with Crippen molar-refractivity contribution in [3.63, 3.8) is 0 Å². The predicted molar refractivity (Wildman–Crippen MR) is 54.8 cm³/mol. The first-order chi connectivity index (χ1) is 7.18. The highest BCUT2D eigenvalue weighted by molar-refractivity contribution is 5.67. The molecule has 1 aliphatic rings. The maximum atomic E-state index is 11.2. The van der Waals surface area contributed by atoms with Gasteiger partial charge in [-0.05, 0) is 13.8 Å². The van der Waals surface area contributed by atoms with E-state index in [0.29, 0.717) is 26.4 Å². The zero-order valence-electron chi connectivity index (χ0n) is 9.32. The molecule has 0 bridgehead atoms. The van der Waals surface area contributed by atoms with Gasteiger partial charge in [0.15, 0.2) is 0 Å². The molecule has 1 aliphatic heterocycles. The third-order valence-electron chi connectivity index (χ3n) is 1.98. The summed E-state index contributed by atoms with van der Waals surface area (Å²) in [7, 11) is 0. The average molecular weight is 217 g/mol. The summed E-state index contributed by atoms with van der Waals surface area (Å²) in [5.41, 5.74) is 0. The van der Waals surface area contributed by atoms with Crippen molar-refractivity contribution in [2.75, 3.05) is 26.4 Å². The summed E-state index contributed by atoms with van der Waals surface area (Å²) in [6.45, 7) is 6.07. The van der Waals surface area contributed by atoms with Crippen LogP contribution in [-0.4, -0.2) is 44.7 Å². The van der Waals surface area contributed by atoms with E-state index >= 15 is 0 Å². The minimum Gasteiger partial charge on any atom is -0.444 e. The highest BCUT2D eigenvalue weighted by Gasteiger charge is 2.19. The second kappa shape index (κ2) is 6.63. The van der Waals surface area contributed by atoms with Crippen molar-refractivity contribution >= 4 is 6.09 Å². The van der Waals surface area contributed by atoms with Crippen LogP contribution in [-0.2, 0) is 14.2 Å². The van der Waals surface area contributed by atoms with Crippen molar-refractivity contribution in [1.29, 1.82) is 0 Å². The molecule has 0 aromatic heterocycles. The molecule has 15 heavy (non-hydrogen) atoms. The summed E-state index contributed by atoms with van der Waals surface area (Å²) in [5.74, 6) is 0. The Kier molecular flexibility index (Phi) is 5.42. The lowest BCUT2D eigenvalue weighted by atomic mass is 10.3. The maximum Gasteiger partial charge on any atom is 0.407 e. The topological polar surface area (TPSA) is 56.8 Å². The van der Waals surface area contributed by atoms with Gasteiger partial charge in [-0.15, -0.1) is 0 Å². The molecule has 5 heteroatoms. The number of nitrogens with one attached hydrogen (secondary N) is 1. The van der Waals surface area contributed by atoms with Gasteiger partial charge in [0, 0.05) is 13.0 Å². The number of hydrogen-bond donors (Lipinski definition) is 1. The van der Waals surface area contributed by atoms with E-state index < -0.39 is 6.09 Å². The molecule has 1 amide bonds. The van der Waals surface area contributed by atoms with Crippen LogP contribution >= 0.6 is 0 Å². The van der Waals surface area contributed by atoms with E-state index in [4.69, 9.17) is 14.2 Å². The molecule has 1 N–H and O–H groups in total.